The molecule has 0 aromatic rings. The fourth-order valence-electron chi connectivity index (χ4n) is 6.30. The first kappa shape index (κ1) is 61.8. The molecule has 2 unspecified atom stereocenters. The zero-order chi connectivity index (χ0) is 47.6. The number of rotatable bonds is 44. The maximum absolute atomic E-state index is 12.7. The van der Waals surface area contributed by atoms with Gasteiger partial charge in [-0.2, -0.15) is 0 Å². The van der Waals surface area contributed by atoms with Crippen LogP contribution in [0.2, 0.25) is 0 Å². The number of carbonyl (C=O) groups is 2. The van der Waals surface area contributed by atoms with Crippen LogP contribution in [0.5, 0.6) is 0 Å². The van der Waals surface area contributed by atoms with Crippen LogP contribution in [0.25, 0.3) is 0 Å². The first-order valence-corrected chi connectivity index (χ1v) is 27.0. The number of phosphoric acid groups is 2. The molecule has 0 saturated carbocycles. The number of aliphatic hydroxyl groups excluding tert-OH is 2. The minimum Gasteiger partial charge on any atom is -0.462 e. The van der Waals surface area contributed by atoms with Crippen LogP contribution in [0.1, 0.15) is 181 Å². The lowest BCUT2D eigenvalue weighted by atomic mass is 10.0. The molecule has 0 saturated heterocycles. The summed E-state index contributed by atoms with van der Waals surface area (Å²) in [6, 6.07) is 0. The minimum atomic E-state index is -4.88. The Hall–Kier alpha value is -2.22. The number of hydrogen-bond acceptors (Lipinski definition) is 11. The molecule has 372 valence electrons. The van der Waals surface area contributed by atoms with Gasteiger partial charge in [0.15, 0.2) is 6.10 Å². The first-order chi connectivity index (χ1) is 30.6. The van der Waals surface area contributed by atoms with Crippen LogP contribution in [-0.4, -0.2) is 81.6 Å². The van der Waals surface area contributed by atoms with Gasteiger partial charge in [0.05, 0.1) is 25.9 Å². The molecular formula is C48H86O14P2. The third kappa shape index (κ3) is 46.3. The van der Waals surface area contributed by atoms with Gasteiger partial charge in [-0.05, 0) is 50.9 Å². The molecule has 0 amide bonds. The number of aliphatic hydroxyl groups is 2. The van der Waals surface area contributed by atoms with E-state index in [1.54, 1.807) is 6.08 Å². The van der Waals surface area contributed by atoms with Crippen LogP contribution < -0.4 is 0 Å². The van der Waals surface area contributed by atoms with Crippen LogP contribution in [-0.2, 0) is 41.8 Å². The van der Waals surface area contributed by atoms with Crippen LogP contribution in [0.3, 0.4) is 0 Å². The van der Waals surface area contributed by atoms with E-state index in [1.807, 2.05) is 55.5 Å². The van der Waals surface area contributed by atoms with E-state index in [0.29, 0.717) is 25.7 Å². The highest BCUT2D eigenvalue weighted by Crippen LogP contribution is 2.43. The number of allylic oxidation sites excluding steroid dienone is 8. The molecule has 0 aliphatic carbocycles. The molecular weight excluding hydrogens is 862 g/mol. The van der Waals surface area contributed by atoms with E-state index in [9.17, 15) is 33.8 Å². The van der Waals surface area contributed by atoms with Gasteiger partial charge in [-0.1, -0.05) is 184 Å². The van der Waals surface area contributed by atoms with Crippen molar-refractivity contribution in [3.63, 3.8) is 0 Å². The molecule has 0 radical (unpaired) electrons. The Balaban J connectivity index is 4.55. The average molecular weight is 949 g/mol. The highest BCUT2D eigenvalue weighted by atomic mass is 31.2. The van der Waals surface area contributed by atoms with Crippen LogP contribution >= 0.6 is 15.6 Å². The standard InChI is InChI=1S/C48H86O14P2/c1-4-5-35-44(49)36-31-27-23-19-15-12-13-16-20-24-28-32-37-47(51)58-41-46(42-61-64(56,57)60-40-45(50)39-59-63(53,54)55)62-48(52)38-33-29-25-21-17-11-9-7-6-8-10-14-18-22-26-30-34-43(2)3/h5,12-13,19-20,23-24,27,31,35,43-46,49-50H,4,6-11,14-18,21-22,25-26,28-30,32-34,36-42H2,1-3H3,(H,56,57)(H2,53,54,55)/b13-12-,23-19-,24-20-,31-27+,35-5-/t44?,45-,46+/m0/s1. The Kier molecular flexibility index (Phi) is 40.7. The third-order valence-electron chi connectivity index (χ3n) is 9.91. The minimum absolute atomic E-state index is 0.0982. The smallest absolute Gasteiger partial charge is 0.462 e. The summed E-state index contributed by atoms with van der Waals surface area (Å²) in [6.07, 6.45) is 41.3. The highest BCUT2D eigenvalue weighted by molar-refractivity contribution is 7.47. The van der Waals surface area contributed by atoms with Gasteiger partial charge in [0.2, 0.25) is 0 Å². The lowest BCUT2D eigenvalue weighted by Crippen LogP contribution is -2.30. The Bertz CT molecular complexity index is 1390. The van der Waals surface area contributed by atoms with Gasteiger partial charge in [0.25, 0.3) is 0 Å². The van der Waals surface area contributed by atoms with Gasteiger partial charge in [0.1, 0.15) is 12.7 Å². The SMILES string of the molecule is CC/C=C\C(O)C/C=C/C=C\C/C=C\C/C=C\CCCC(=O)OC[C@H](COP(=O)(O)OC[C@@H](O)COP(=O)(O)O)OC(=O)CCCCCCCCCCCCCCCCCCC(C)C. The molecule has 14 nitrogen and oxygen atoms in total. The molecule has 0 aliphatic heterocycles. The molecule has 0 aromatic carbocycles. The maximum Gasteiger partial charge on any atom is 0.472 e. The van der Waals surface area contributed by atoms with Gasteiger partial charge in [-0.15, -0.1) is 0 Å². The molecule has 0 rings (SSSR count). The number of esters is 2. The van der Waals surface area contributed by atoms with Crippen molar-refractivity contribution in [2.75, 3.05) is 26.4 Å². The van der Waals surface area contributed by atoms with E-state index >= 15 is 0 Å². The van der Waals surface area contributed by atoms with Crippen LogP contribution in [0, 0.1) is 5.92 Å². The predicted molar refractivity (Wildman–Crippen MR) is 254 cm³/mol. The molecule has 0 bridgehead atoms. The molecule has 0 spiro atoms. The Morgan fingerprint density at radius 3 is 1.64 bits per heavy atom. The largest absolute Gasteiger partial charge is 0.472 e. The second kappa shape index (κ2) is 42.2. The summed E-state index contributed by atoms with van der Waals surface area (Å²) < 4.78 is 47.8. The van der Waals surface area contributed by atoms with E-state index in [1.165, 1.54) is 83.5 Å². The van der Waals surface area contributed by atoms with E-state index < -0.39 is 72.3 Å². The molecule has 0 aromatic heterocycles. The fraction of sp³-hybridized carbons (Fsp3) is 0.750. The first-order valence-electron chi connectivity index (χ1n) is 23.9. The summed E-state index contributed by atoms with van der Waals surface area (Å²) in [4.78, 5) is 52.8. The normalized spacial score (nSPS) is 15.0. The zero-order valence-electron chi connectivity index (χ0n) is 39.4. The summed E-state index contributed by atoms with van der Waals surface area (Å²) in [5.41, 5.74) is 0. The van der Waals surface area contributed by atoms with Crippen molar-refractivity contribution < 1.29 is 66.7 Å². The van der Waals surface area contributed by atoms with Crippen molar-refractivity contribution in [1.29, 1.82) is 0 Å². The van der Waals surface area contributed by atoms with Crippen molar-refractivity contribution in [2.45, 2.75) is 200 Å². The molecule has 0 aliphatic rings. The fourth-order valence-corrected chi connectivity index (χ4v) is 7.45. The quantitative estimate of drug-likeness (QED) is 0.0126. The number of unbranched alkanes of at least 4 members (excludes halogenated alkanes) is 16. The number of hydrogen-bond donors (Lipinski definition) is 5. The molecule has 0 fully saturated rings. The van der Waals surface area contributed by atoms with Gasteiger partial charge < -0.3 is 34.4 Å². The molecule has 5 N–H and O–H groups in total. The van der Waals surface area contributed by atoms with Gasteiger partial charge in [-0.25, -0.2) is 9.13 Å². The second-order valence-corrected chi connectivity index (χ2v) is 19.4. The summed E-state index contributed by atoms with van der Waals surface area (Å²) >= 11 is 0. The maximum atomic E-state index is 12.7. The monoisotopic (exact) mass is 949 g/mol. The highest BCUT2D eigenvalue weighted by Gasteiger charge is 2.28. The van der Waals surface area contributed by atoms with Crippen molar-refractivity contribution in [3.8, 4) is 0 Å². The molecule has 4 atom stereocenters. The molecule has 64 heavy (non-hydrogen) atoms. The number of phosphoric ester groups is 2. The van der Waals surface area contributed by atoms with Gasteiger partial charge in [0, 0.05) is 12.8 Å². The van der Waals surface area contributed by atoms with Crippen molar-refractivity contribution in [3.05, 3.63) is 60.8 Å². The Morgan fingerprint density at radius 1 is 0.562 bits per heavy atom. The topological polar surface area (TPSA) is 216 Å². The van der Waals surface area contributed by atoms with Gasteiger partial charge >= 0.3 is 27.6 Å². The number of carbonyl (C=O) groups excluding carboxylic acids is 2. The van der Waals surface area contributed by atoms with Crippen LogP contribution in [0.15, 0.2) is 60.8 Å². The van der Waals surface area contributed by atoms with E-state index in [2.05, 4.69) is 29.0 Å². The van der Waals surface area contributed by atoms with E-state index in [0.717, 1.165) is 44.4 Å². The van der Waals surface area contributed by atoms with E-state index in [-0.39, 0.29) is 12.8 Å². The number of ether oxygens (including phenoxy) is 2. The van der Waals surface area contributed by atoms with Crippen molar-refractivity contribution in [2.24, 2.45) is 5.92 Å². The molecule has 16 heteroatoms. The van der Waals surface area contributed by atoms with Gasteiger partial charge in [-0.3, -0.25) is 23.2 Å². The zero-order valence-corrected chi connectivity index (χ0v) is 41.2. The second-order valence-electron chi connectivity index (χ2n) is 16.7. The Labute approximate surface area is 385 Å². The summed E-state index contributed by atoms with van der Waals surface area (Å²) in [6.45, 7) is 3.81. The van der Waals surface area contributed by atoms with E-state index in [4.69, 9.17) is 23.8 Å². The Morgan fingerprint density at radius 2 is 1.06 bits per heavy atom. The lowest BCUT2D eigenvalue weighted by Gasteiger charge is -2.20. The lowest BCUT2D eigenvalue weighted by molar-refractivity contribution is -0.161. The predicted octanol–water partition coefficient (Wildman–Crippen LogP) is 11.6. The summed E-state index contributed by atoms with van der Waals surface area (Å²) in [5, 5.41) is 19.5. The average Bonchev–Trinajstić information content (AvgIpc) is 3.24. The van der Waals surface area contributed by atoms with Crippen molar-refractivity contribution in [1.82, 2.24) is 0 Å². The van der Waals surface area contributed by atoms with Crippen LogP contribution in [0.4, 0.5) is 0 Å². The third-order valence-corrected chi connectivity index (χ3v) is 11.3. The summed E-state index contributed by atoms with van der Waals surface area (Å²) in [5.74, 6) is -0.305. The van der Waals surface area contributed by atoms with Crippen molar-refractivity contribution >= 4 is 27.6 Å². The molecule has 0 heterocycles. The summed E-state index contributed by atoms with van der Waals surface area (Å²) in [7, 11) is -9.71.